The normalized spacial score (nSPS) is 18.3. The zero-order chi connectivity index (χ0) is 13.1. The molecule has 0 amide bonds. The van der Waals surface area contributed by atoms with Crippen LogP contribution in [0.4, 0.5) is 0 Å². The molecule has 18 heavy (non-hydrogen) atoms. The number of carboxylic acids is 1. The van der Waals surface area contributed by atoms with Crippen molar-refractivity contribution in [3.8, 4) is 5.75 Å². The molecular weight excluding hydrogens is 230 g/mol. The molecule has 2 atom stereocenters. The molecule has 1 aliphatic carbocycles. The van der Waals surface area contributed by atoms with E-state index in [0.717, 1.165) is 24.8 Å². The van der Waals surface area contributed by atoms with E-state index >= 15 is 0 Å². The third-order valence-electron chi connectivity index (χ3n) is 3.46. The van der Waals surface area contributed by atoms with Crippen molar-refractivity contribution in [2.24, 2.45) is 5.92 Å². The first kappa shape index (κ1) is 12.9. The van der Waals surface area contributed by atoms with E-state index in [1.54, 1.807) is 12.1 Å². The van der Waals surface area contributed by atoms with Gasteiger partial charge in [0.1, 0.15) is 11.8 Å². The lowest BCUT2D eigenvalue weighted by Crippen LogP contribution is -2.40. The van der Waals surface area contributed by atoms with Gasteiger partial charge >= 0.3 is 5.97 Å². The first-order valence-corrected chi connectivity index (χ1v) is 6.40. The summed E-state index contributed by atoms with van der Waals surface area (Å²) in [6, 6.07) is 6.46. The van der Waals surface area contributed by atoms with Crippen LogP contribution in [0, 0.1) is 5.92 Å². The van der Waals surface area contributed by atoms with E-state index in [4.69, 9.17) is 0 Å². The Morgan fingerprint density at radius 2 is 2.11 bits per heavy atom. The largest absolute Gasteiger partial charge is 0.508 e. The zero-order valence-electron chi connectivity index (χ0n) is 10.5. The number of phenols is 1. The van der Waals surface area contributed by atoms with Crippen LogP contribution in [0.25, 0.3) is 0 Å². The molecule has 1 aromatic carbocycles. The number of para-hydroxylation sites is 1. The van der Waals surface area contributed by atoms with E-state index in [1.165, 1.54) is 0 Å². The first-order valence-electron chi connectivity index (χ1n) is 6.40. The number of benzene rings is 1. The summed E-state index contributed by atoms with van der Waals surface area (Å²) >= 11 is 0. The molecular formula is C14H19NO3. The second kappa shape index (κ2) is 5.40. The average Bonchev–Trinajstić information content (AvgIpc) is 3.16. The predicted octanol–water partition coefficient (Wildman–Crippen LogP) is 2.30. The van der Waals surface area contributed by atoms with Gasteiger partial charge < -0.3 is 10.2 Å². The highest BCUT2D eigenvalue weighted by molar-refractivity contribution is 5.74. The van der Waals surface area contributed by atoms with E-state index in [-0.39, 0.29) is 17.7 Å². The van der Waals surface area contributed by atoms with Gasteiger partial charge in [-0.1, -0.05) is 25.1 Å². The molecule has 0 bridgehead atoms. The van der Waals surface area contributed by atoms with Gasteiger partial charge in [-0.25, -0.2) is 0 Å². The van der Waals surface area contributed by atoms with Gasteiger partial charge in [-0.3, -0.25) is 10.1 Å². The van der Waals surface area contributed by atoms with Gasteiger partial charge in [0.2, 0.25) is 0 Å². The van der Waals surface area contributed by atoms with Crippen molar-refractivity contribution >= 4 is 5.97 Å². The number of phenolic OH excluding ortho intramolecular Hbond substituents is 1. The highest BCUT2D eigenvalue weighted by atomic mass is 16.4. The number of nitrogens with one attached hydrogen (secondary N) is 1. The lowest BCUT2D eigenvalue weighted by Gasteiger charge is -2.23. The van der Waals surface area contributed by atoms with Crippen molar-refractivity contribution in [3.63, 3.8) is 0 Å². The third kappa shape index (κ3) is 2.82. The number of aromatic hydroxyl groups is 1. The summed E-state index contributed by atoms with van der Waals surface area (Å²) in [7, 11) is 0. The lowest BCUT2D eigenvalue weighted by atomic mass is 10.0. The highest BCUT2D eigenvalue weighted by Crippen LogP contribution is 2.35. The van der Waals surface area contributed by atoms with Crippen LogP contribution in [0.3, 0.4) is 0 Å². The van der Waals surface area contributed by atoms with Crippen LogP contribution in [0.5, 0.6) is 5.75 Å². The van der Waals surface area contributed by atoms with Crippen LogP contribution in [0.15, 0.2) is 24.3 Å². The van der Waals surface area contributed by atoms with Gasteiger partial charge in [0, 0.05) is 11.6 Å². The maximum absolute atomic E-state index is 11.2. The van der Waals surface area contributed by atoms with Gasteiger partial charge in [-0.2, -0.15) is 0 Å². The molecule has 3 N–H and O–H groups in total. The minimum atomic E-state index is -0.800. The van der Waals surface area contributed by atoms with Crippen molar-refractivity contribution in [2.45, 2.75) is 38.3 Å². The van der Waals surface area contributed by atoms with Crippen molar-refractivity contribution in [2.75, 3.05) is 0 Å². The molecule has 1 saturated carbocycles. The Hall–Kier alpha value is -1.55. The van der Waals surface area contributed by atoms with Gasteiger partial charge in [-0.15, -0.1) is 0 Å². The van der Waals surface area contributed by atoms with Crippen molar-refractivity contribution in [3.05, 3.63) is 29.8 Å². The monoisotopic (exact) mass is 249 g/mol. The molecule has 98 valence electrons. The number of rotatable bonds is 6. The SMILES string of the molecule is CCC(NC(C(=O)O)C1CC1)c1ccccc1O. The number of carboxylic acid groups (broad SMARTS) is 1. The molecule has 4 nitrogen and oxygen atoms in total. The molecule has 2 rings (SSSR count). The topological polar surface area (TPSA) is 69.6 Å². The molecule has 0 radical (unpaired) electrons. The minimum Gasteiger partial charge on any atom is -0.508 e. The summed E-state index contributed by atoms with van der Waals surface area (Å²) in [4.78, 5) is 11.2. The molecule has 1 aliphatic rings. The average molecular weight is 249 g/mol. The molecule has 4 heteroatoms. The van der Waals surface area contributed by atoms with Gasteiger partial charge in [-0.05, 0) is 31.2 Å². The molecule has 0 heterocycles. The fourth-order valence-electron chi connectivity index (χ4n) is 2.27. The predicted molar refractivity (Wildman–Crippen MR) is 68.4 cm³/mol. The van der Waals surface area contributed by atoms with Gasteiger partial charge in [0.05, 0.1) is 0 Å². The quantitative estimate of drug-likeness (QED) is 0.723. The highest BCUT2D eigenvalue weighted by Gasteiger charge is 2.37. The molecule has 0 aromatic heterocycles. The van der Waals surface area contributed by atoms with Gasteiger partial charge in [0.25, 0.3) is 0 Å². The smallest absolute Gasteiger partial charge is 0.320 e. The molecule has 0 spiro atoms. The van der Waals surface area contributed by atoms with E-state index in [9.17, 15) is 15.0 Å². The van der Waals surface area contributed by atoms with Crippen LogP contribution >= 0.6 is 0 Å². The Morgan fingerprint density at radius 1 is 1.44 bits per heavy atom. The van der Waals surface area contributed by atoms with Crippen molar-refractivity contribution in [1.82, 2.24) is 5.32 Å². The number of hydrogen-bond acceptors (Lipinski definition) is 3. The van der Waals surface area contributed by atoms with Crippen LogP contribution in [0.2, 0.25) is 0 Å². The van der Waals surface area contributed by atoms with Crippen molar-refractivity contribution in [1.29, 1.82) is 0 Å². The fraction of sp³-hybridized carbons (Fsp3) is 0.500. The molecule has 0 saturated heterocycles. The maximum atomic E-state index is 11.2. The van der Waals surface area contributed by atoms with E-state index in [0.29, 0.717) is 0 Å². The van der Waals surface area contributed by atoms with E-state index < -0.39 is 12.0 Å². The lowest BCUT2D eigenvalue weighted by molar-refractivity contribution is -0.140. The van der Waals surface area contributed by atoms with Gasteiger partial charge in [0.15, 0.2) is 0 Å². The van der Waals surface area contributed by atoms with E-state index in [2.05, 4.69) is 5.32 Å². The zero-order valence-corrected chi connectivity index (χ0v) is 10.5. The molecule has 0 aliphatic heterocycles. The summed E-state index contributed by atoms with van der Waals surface area (Å²) in [6.07, 6.45) is 2.69. The first-order chi connectivity index (χ1) is 8.63. The fourth-order valence-corrected chi connectivity index (χ4v) is 2.27. The van der Waals surface area contributed by atoms with Crippen molar-refractivity contribution < 1.29 is 15.0 Å². The molecule has 1 fully saturated rings. The van der Waals surface area contributed by atoms with Crippen LogP contribution in [-0.4, -0.2) is 22.2 Å². The Balaban J connectivity index is 2.13. The Morgan fingerprint density at radius 3 is 2.61 bits per heavy atom. The molecule has 2 unspecified atom stereocenters. The van der Waals surface area contributed by atoms with Crippen LogP contribution in [-0.2, 0) is 4.79 Å². The number of carbonyl (C=O) groups is 1. The summed E-state index contributed by atoms with van der Waals surface area (Å²) in [6.45, 7) is 1.98. The standard InChI is InChI=1S/C14H19NO3/c1-2-11(10-5-3-4-6-12(10)16)15-13(14(17)18)9-7-8-9/h3-6,9,11,13,15-16H,2,7-8H2,1H3,(H,17,18). The molecule has 1 aromatic rings. The maximum Gasteiger partial charge on any atom is 0.320 e. The minimum absolute atomic E-state index is 0.118. The van der Waals surface area contributed by atoms with Crippen LogP contribution < -0.4 is 5.32 Å². The Bertz CT molecular complexity index is 429. The van der Waals surface area contributed by atoms with Crippen LogP contribution in [0.1, 0.15) is 37.8 Å². The number of aliphatic carboxylic acids is 1. The summed E-state index contributed by atoms with van der Waals surface area (Å²) in [5.74, 6) is -0.342. The second-order valence-corrected chi connectivity index (χ2v) is 4.84. The summed E-state index contributed by atoms with van der Waals surface area (Å²) in [5, 5.41) is 22.2. The Kier molecular flexibility index (Phi) is 3.87. The summed E-state index contributed by atoms with van der Waals surface area (Å²) in [5.41, 5.74) is 0.770. The Labute approximate surface area is 107 Å². The third-order valence-corrected chi connectivity index (χ3v) is 3.46. The number of hydrogen-bond donors (Lipinski definition) is 3. The second-order valence-electron chi connectivity index (χ2n) is 4.84. The van der Waals surface area contributed by atoms with E-state index in [1.807, 2.05) is 19.1 Å². The summed E-state index contributed by atoms with van der Waals surface area (Å²) < 4.78 is 0.